The van der Waals surface area contributed by atoms with Gasteiger partial charge in [-0.25, -0.2) is 4.68 Å². The third-order valence-electron chi connectivity index (χ3n) is 4.16. The summed E-state index contributed by atoms with van der Waals surface area (Å²) in [7, 11) is 0. The fourth-order valence-electron chi connectivity index (χ4n) is 2.76. The number of alkyl halides is 6. The Kier molecular flexibility index (Phi) is 4.70. The van der Waals surface area contributed by atoms with Crippen molar-refractivity contribution < 1.29 is 31.4 Å². The number of aryl methyl sites for hydroxylation is 1. The number of rotatable bonds is 3. The molecule has 0 aliphatic rings. The van der Waals surface area contributed by atoms with E-state index in [4.69, 9.17) is 0 Å². The van der Waals surface area contributed by atoms with Gasteiger partial charge in [0.05, 0.1) is 17.1 Å². The Morgan fingerprint density at radius 3 is 1.89 bits per heavy atom. The summed E-state index contributed by atoms with van der Waals surface area (Å²) in [6.45, 7) is 1.70. The van der Waals surface area contributed by atoms with Gasteiger partial charge in [0.2, 0.25) is 0 Å². The molecule has 3 aromatic rings. The van der Waals surface area contributed by atoms with Gasteiger partial charge in [-0.1, -0.05) is 12.1 Å². The number of benzene rings is 1. The van der Waals surface area contributed by atoms with Crippen molar-refractivity contribution in [3.05, 3.63) is 66.1 Å². The number of hydrogen-bond acceptors (Lipinski definition) is 3. The molecule has 0 radical (unpaired) electrons. The quantitative estimate of drug-likeness (QED) is 0.655. The molecule has 28 heavy (non-hydrogen) atoms. The predicted octanol–water partition coefficient (Wildman–Crippen LogP) is 4.55. The van der Waals surface area contributed by atoms with Crippen molar-refractivity contribution in [3.63, 3.8) is 0 Å². The van der Waals surface area contributed by atoms with Crippen molar-refractivity contribution in [2.45, 2.75) is 24.9 Å². The van der Waals surface area contributed by atoms with Gasteiger partial charge in [-0.3, -0.25) is 4.98 Å². The van der Waals surface area contributed by atoms with E-state index in [9.17, 15) is 31.4 Å². The topological polar surface area (TPSA) is 50.9 Å². The average Bonchev–Trinajstić information content (AvgIpc) is 3.02. The summed E-state index contributed by atoms with van der Waals surface area (Å²) in [5.74, 6) is 0. The van der Waals surface area contributed by atoms with Gasteiger partial charge in [-0.05, 0) is 37.3 Å². The third-order valence-corrected chi connectivity index (χ3v) is 4.16. The molecule has 0 aliphatic heterocycles. The Morgan fingerprint density at radius 1 is 0.857 bits per heavy atom. The number of hydrogen-bond donors (Lipinski definition) is 1. The van der Waals surface area contributed by atoms with E-state index in [1.165, 1.54) is 17.1 Å². The molecule has 0 atom stereocenters. The Bertz CT molecular complexity index is 948. The smallest absolute Gasteiger partial charge is 0.369 e. The second kappa shape index (κ2) is 6.62. The third kappa shape index (κ3) is 3.24. The largest absolute Gasteiger partial charge is 0.430 e. The second-order valence-electron chi connectivity index (χ2n) is 6.07. The van der Waals surface area contributed by atoms with E-state index in [1.807, 2.05) is 0 Å². The highest BCUT2D eigenvalue weighted by Crippen LogP contribution is 2.50. The molecule has 0 aliphatic carbocycles. The lowest BCUT2D eigenvalue weighted by molar-refractivity contribution is -0.376. The van der Waals surface area contributed by atoms with Crippen molar-refractivity contribution >= 4 is 0 Å². The maximum atomic E-state index is 13.0. The van der Waals surface area contributed by atoms with Crippen LogP contribution in [0.15, 0.2) is 54.9 Å². The van der Waals surface area contributed by atoms with Crippen LogP contribution < -0.4 is 0 Å². The van der Waals surface area contributed by atoms with Crippen molar-refractivity contribution in [3.8, 4) is 16.9 Å². The van der Waals surface area contributed by atoms with Gasteiger partial charge >= 0.3 is 12.4 Å². The highest BCUT2D eigenvalue weighted by Gasteiger charge is 2.71. The van der Waals surface area contributed by atoms with Gasteiger partial charge in [0.1, 0.15) is 0 Å². The molecule has 4 nitrogen and oxygen atoms in total. The zero-order chi connectivity index (χ0) is 20.7. The molecular formula is C18H13F6N3O. The molecule has 0 unspecified atom stereocenters. The minimum absolute atomic E-state index is 0.232. The lowest BCUT2D eigenvalue weighted by Gasteiger charge is -2.32. The Hall–Kier alpha value is -2.88. The van der Waals surface area contributed by atoms with Gasteiger partial charge in [-0.15, -0.1) is 0 Å². The maximum absolute atomic E-state index is 13.0. The summed E-state index contributed by atoms with van der Waals surface area (Å²) < 4.78 is 79.4. The van der Waals surface area contributed by atoms with Crippen molar-refractivity contribution in [2.75, 3.05) is 0 Å². The predicted molar refractivity (Wildman–Crippen MR) is 87.5 cm³/mol. The first-order valence-electron chi connectivity index (χ1n) is 7.89. The number of nitrogens with zero attached hydrogens (tertiary/aromatic N) is 3. The zero-order valence-corrected chi connectivity index (χ0v) is 14.3. The van der Waals surface area contributed by atoms with Crippen LogP contribution >= 0.6 is 0 Å². The molecule has 2 aromatic heterocycles. The van der Waals surface area contributed by atoms with Crippen LogP contribution in [0.3, 0.4) is 0 Å². The summed E-state index contributed by atoms with van der Waals surface area (Å²) in [5.41, 5.74) is -4.18. The molecule has 1 aromatic carbocycles. The Labute approximate surface area is 155 Å². The van der Waals surface area contributed by atoms with E-state index in [0.29, 0.717) is 29.1 Å². The minimum Gasteiger partial charge on any atom is -0.369 e. The van der Waals surface area contributed by atoms with E-state index in [2.05, 4.69) is 10.1 Å². The van der Waals surface area contributed by atoms with E-state index in [1.54, 1.807) is 25.1 Å². The Morgan fingerprint density at radius 2 is 1.39 bits per heavy atom. The molecule has 3 rings (SSSR count). The van der Waals surface area contributed by atoms with Gasteiger partial charge in [0.15, 0.2) is 0 Å². The van der Waals surface area contributed by atoms with Crippen LogP contribution in [0.25, 0.3) is 16.9 Å². The van der Waals surface area contributed by atoms with E-state index >= 15 is 0 Å². The van der Waals surface area contributed by atoms with E-state index in [0.717, 1.165) is 12.1 Å². The van der Waals surface area contributed by atoms with E-state index in [-0.39, 0.29) is 5.69 Å². The first kappa shape index (κ1) is 19.9. The lowest BCUT2D eigenvalue weighted by atomic mass is 9.92. The summed E-state index contributed by atoms with van der Waals surface area (Å²) in [4.78, 5) is 3.89. The van der Waals surface area contributed by atoms with Crippen LogP contribution in [0.2, 0.25) is 0 Å². The highest BCUT2D eigenvalue weighted by molar-refractivity contribution is 5.62. The number of aliphatic hydroxyl groups is 1. The Balaban J connectivity index is 2.08. The van der Waals surface area contributed by atoms with Gasteiger partial charge in [0, 0.05) is 23.5 Å². The molecule has 2 heterocycles. The van der Waals surface area contributed by atoms with E-state index < -0.39 is 23.5 Å². The maximum Gasteiger partial charge on any atom is 0.430 e. The number of pyridine rings is 1. The molecular weight excluding hydrogens is 388 g/mol. The van der Waals surface area contributed by atoms with Crippen LogP contribution in [-0.4, -0.2) is 32.2 Å². The molecule has 0 saturated heterocycles. The van der Waals surface area contributed by atoms with Gasteiger partial charge in [0.25, 0.3) is 5.60 Å². The molecule has 0 saturated carbocycles. The molecule has 0 bridgehead atoms. The standard InChI is InChI=1S/C18H13F6N3O/c1-11-10-15(12-6-8-25-9-7-12)27(26-11)14-4-2-13(3-5-14)16(28,17(19,20)21)18(22,23)24/h2-10,28H,1H3. The van der Waals surface area contributed by atoms with Gasteiger partial charge in [-0.2, -0.15) is 31.4 Å². The normalized spacial score (nSPS) is 13.0. The lowest BCUT2D eigenvalue weighted by Crippen LogP contribution is -2.53. The SMILES string of the molecule is Cc1cc(-c2ccncc2)n(-c2ccc(C(O)(C(F)(F)F)C(F)(F)F)cc2)n1. The second-order valence-corrected chi connectivity index (χ2v) is 6.07. The number of halogens is 6. The van der Waals surface area contributed by atoms with Crippen LogP contribution in [0, 0.1) is 6.92 Å². The number of aromatic nitrogens is 3. The van der Waals surface area contributed by atoms with Crippen LogP contribution in [0.1, 0.15) is 11.3 Å². The molecule has 148 valence electrons. The molecule has 0 amide bonds. The summed E-state index contributed by atoms with van der Waals surface area (Å²) >= 11 is 0. The molecule has 1 N–H and O–H groups in total. The molecule has 0 fully saturated rings. The van der Waals surface area contributed by atoms with Gasteiger partial charge < -0.3 is 5.11 Å². The first-order chi connectivity index (χ1) is 12.9. The monoisotopic (exact) mass is 401 g/mol. The first-order valence-corrected chi connectivity index (χ1v) is 7.89. The zero-order valence-electron chi connectivity index (χ0n) is 14.3. The summed E-state index contributed by atoms with van der Waals surface area (Å²) in [5, 5.41) is 13.7. The summed E-state index contributed by atoms with van der Waals surface area (Å²) in [6, 6.07) is 8.34. The van der Waals surface area contributed by atoms with Crippen molar-refractivity contribution in [2.24, 2.45) is 0 Å². The average molecular weight is 401 g/mol. The molecule has 0 spiro atoms. The van der Waals surface area contributed by atoms with Crippen molar-refractivity contribution in [1.29, 1.82) is 0 Å². The fraction of sp³-hybridized carbons (Fsp3) is 0.222. The highest BCUT2D eigenvalue weighted by atomic mass is 19.4. The minimum atomic E-state index is -5.93. The van der Waals surface area contributed by atoms with Crippen LogP contribution in [0.4, 0.5) is 26.3 Å². The summed E-state index contributed by atoms with van der Waals surface area (Å²) in [6.07, 6.45) is -8.79. The van der Waals surface area contributed by atoms with Crippen LogP contribution in [0.5, 0.6) is 0 Å². The van der Waals surface area contributed by atoms with Crippen molar-refractivity contribution in [1.82, 2.24) is 14.8 Å². The fourth-order valence-corrected chi connectivity index (χ4v) is 2.76. The molecule has 10 heteroatoms. The van der Waals surface area contributed by atoms with Crippen LogP contribution in [-0.2, 0) is 5.60 Å².